The number of halogens is 1. The molecule has 0 aromatic heterocycles. The van der Waals surface area contributed by atoms with Crippen molar-refractivity contribution in [3.05, 3.63) is 88.4 Å². The summed E-state index contributed by atoms with van der Waals surface area (Å²) in [6.07, 6.45) is 0. The predicted molar refractivity (Wildman–Crippen MR) is 105 cm³/mol. The largest absolute Gasteiger partial charge is 0.506 e. The first-order chi connectivity index (χ1) is 13.5. The molecular weight excluding hydrogens is 380 g/mol. The molecule has 4 rings (SSSR count). The summed E-state index contributed by atoms with van der Waals surface area (Å²) in [5.74, 6) is -1.38. The van der Waals surface area contributed by atoms with Gasteiger partial charge in [0.1, 0.15) is 5.75 Å². The number of anilines is 2. The maximum Gasteiger partial charge on any atom is 0.266 e. The van der Waals surface area contributed by atoms with Crippen LogP contribution < -0.4 is 10.2 Å². The lowest BCUT2D eigenvalue weighted by atomic mass is 10.1. The Kier molecular flexibility index (Phi) is 4.33. The van der Waals surface area contributed by atoms with Gasteiger partial charge in [-0.3, -0.25) is 14.4 Å². The molecule has 0 bridgehead atoms. The molecule has 0 aliphatic carbocycles. The van der Waals surface area contributed by atoms with Crippen LogP contribution in [0.5, 0.6) is 5.75 Å². The van der Waals surface area contributed by atoms with E-state index in [4.69, 9.17) is 11.6 Å². The van der Waals surface area contributed by atoms with E-state index in [-0.39, 0.29) is 11.4 Å². The lowest BCUT2D eigenvalue weighted by molar-refractivity contribution is 0.0925. The number of aromatic hydroxyl groups is 1. The van der Waals surface area contributed by atoms with E-state index in [2.05, 4.69) is 5.32 Å². The summed E-state index contributed by atoms with van der Waals surface area (Å²) in [5.41, 5.74) is 1.55. The van der Waals surface area contributed by atoms with E-state index in [1.165, 1.54) is 42.5 Å². The highest BCUT2D eigenvalue weighted by atomic mass is 35.5. The molecule has 0 saturated carbocycles. The summed E-state index contributed by atoms with van der Waals surface area (Å²) in [7, 11) is 0. The van der Waals surface area contributed by atoms with Crippen molar-refractivity contribution in [3.8, 4) is 5.75 Å². The van der Waals surface area contributed by atoms with Gasteiger partial charge >= 0.3 is 0 Å². The maximum atomic E-state index is 12.5. The normalized spacial score (nSPS) is 12.8. The summed E-state index contributed by atoms with van der Waals surface area (Å²) >= 11 is 5.87. The molecule has 0 fully saturated rings. The third-order valence-electron chi connectivity index (χ3n) is 4.39. The number of amides is 3. The van der Waals surface area contributed by atoms with Crippen molar-refractivity contribution in [2.45, 2.75) is 0 Å². The molecule has 0 saturated heterocycles. The summed E-state index contributed by atoms with van der Waals surface area (Å²) in [6, 6.07) is 17.0. The lowest BCUT2D eigenvalue weighted by Gasteiger charge is -2.14. The minimum atomic E-state index is -0.466. The van der Waals surface area contributed by atoms with Crippen LogP contribution in [-0.4, -0.2) is 22.8 Å². The van der Waals surface area contributed by atoms with E-state index < -0.39 is 17.7 Å². The van der Waals surface area contributed by atoms with E-state index in [1.807, 2.05) is 0 Å². The molecule has 6 nitrogen and oxygen atoms in total. The Morgan fingerprint density at radius 2 is 1.50 bits per heavy atom. The second-order valence-corrected chi connectivity index (χ2v) is 6.59. The van der Waals surface area contributed by atoms with Gasteiger partial charge in [0.15, 0.2) is 0 Å². The van der Waals surface area contributed by atoms with Crippen LogP contribution in [0.15, 0.2) is 66.7 Å². The molecule has 0 unspecified atom stereocenters. The smallest absolute Gasteiger partial charge is 0.266 e. The Morgan fingerprint density at radius 1 is 0.893 bits per heavy atom. The van der Waals surface area contributed by atoms with Gasteiger partial charge in [-0.15, -0.1) is 0 Å². The van der Waals surface area contributed by atoms with Crippen LogP contribution in [-0.2, 0) is 0 Å². The minimum absolute atomic E-state index is 0.111. The number of carbonyl (C=O) groups excluding carboxylic acids is 3. The minimum Gasteiger partial charge on any atom is -0.506 e. The molecule has 0 radical (unpaired) electrons. The number of nitrogens with zero attached hydrogens (tertiary/aromatic N) is 1. The van der Waals surface area contributed by atoms with Gasteiger partial charge in [-0.05, 0) is 54.6 Å². The van der Waals surface area contributed by atoms with Gasteiger partial charge in [0.25, 0.3) is 17.7 Å². The first kappa shape index (κ1) is 17.8. The number of rotatable bonds is 3. The second-order valence-electron chi connectivity index (χ2n) is 6.15. The number of benzene rings is 3. The van der Waals surface area contributed by atoms with Gasteiger partial charge in [0.05, 0.1) is 22.5 Å². The first-order valence-corrected chi connectivity index (χ1v) is 8.71. The molecule has 3 aromatic rings. The van der Waals surface area contributed by atoms with Crippen LogP contribution in [0.25, 0.3) is 0 Å². The summed E-state index contributed by atoms with van der Waals surface area (Å²) in [5, 5.41) is 12.7. The zero-order chi connectivity index (χ0) is 19.8. The van der Waals surface area contributed by atoms with Crippen molar-refractivity contribution >= 4 is 40.7 Å². The Bertz CT molecular complexity index is 1090. The predicted octanol–water partition coefficient (Wildman–Crippen LogP) is 4.10. The molecule has 0 spiro atoms. The molecule has 2 N–H and O–H groups in total. The van der Waals surface area contributed by atoms with Crippen molar-refractivity contribution in [3.63, 3.8) is 0 Å². The van der Waals surface area contributed by atoms with E-state index in [9.17, 15) is 19.5 Å². The molecule has 3 amide bonds. The zero-order valence-corrected chi connectivity index (χ0v) is 15.1. The number of carbonyl (C=O) groups is 3. The highest BCUT2D eigenvalue weighted by Gasteiger charge is 2.36. The Labute approximate surface area is 165 Å². The van der Waals surface area contributed by atoms with Crippen LogP contribution in [0, 0.1) is 0 Å². The maximum absolute atomic E-state index is 12.5. The molecule has 1 aliphatic heterocycles. The highest BCUT2D eigenvalue weighted by Crippen LogP contribution is 2.29. The van der Waals surface area contributed by atoms with Crippen molar-refractivity contribution in [2.24, 2.45) is 0 Å². The number of fused-ring (bicyclic) bond motifs is 1. The van der Waals surface area contributed by atoms with Crippen LogP contribution >= 0.6 is 11.6 Å². The third-order valence-corrected chi connectivity index (χ3v) is 4.62. The molecule has 28 heavy (non-hydrogen) atoms. The highest BCUT2D eigenvalue weighted by molar-refractivity contribution is 6.34. The van der Waals surface area contributed by atoms with Crippen LogP contribution in [0.1, 0.15) is 31.1 Å². The van der Waals surface area contributed by atoms with Crippen molar-refractivity contribution in [2.75, 3.05) is 10.2 Å². The van der Waals surface area contributed by atoms with Gasteiger partial charge in [-0.2, -0.15) is 0 Å². The topological polar surface area (TPSA) is 86.7 Å². The standard InChI is InChI=1S/C21H13ClN2O4/c22-13-7-10-18(25)17(11-13)23-19(26)12-5-8-14(9-6-12)24-20(27)15-3-1-2-4-16(15)21(24)28/h1-11,25H,(H,23,26). The van der Waals surface area contributed by atoms with Gasteiger partial charge < -0.3 is 10.4 Å². The summed E-state index contributed by atoms with van der Waals surface area (Å²) < 4.78 is 0. The average Bonchev–Trinajstić information content (AvgIpc) is 2.96. The van der Waals surface area contributed by atoms with Gasteiger partial charge in [-0.1, -0.05) is 23.7 Å². The van der Waals surface area contributed by atoms with E-state index in [0.717, 1.165) is 4.90 Å². The molecular formula is C21H13ClN2O4. The molecule has 3 aromatic carbocycles. The van der Waals surface area contributed by atoms with Crippen LogP contribution in [0.3, 0.4) is 0 Å². The summed E-state index contributed by atoms with van der Waals surface area (Å²) in [4.78, 5) is 38.5. The van der Waals surface area contributed by atoms with Crippen molar-refractivity contribution < 1.29 is 19.5 Å². The van der Waals surface area contributed by atoms with Gasteiger partial charge in [0, 0.05) is 10.6 Å². The number of nitrogens with one attached hydrogen (secondary N) is 1. The van der Waals surface area contributed by atoms with E-state index in [1.54, 1.807) is 24.3 Å². The molecule has 138 valence electrons. The monoisotopic (exact) mass is 392 g/mol. The third kappa shape index (κ3) is 3.00. The molecule has 7 heteroatoms. The van der Waals surface area contributed by atoms with Crippen molar-refractivity contribution in [1.82, 2.24) is 0 Å². The number of hydrogen-bond donors (Lipinski definition) is 2. The van der Waals surface area contributed by atoms with E-state index in [0.29, 0.717) is 27.4 Å². The van der Waals surface area contributed by atoms with Gasteiger partial charge in [-0.25, -0.2) is 4.90 Å². The quantitative estimate of drug-likeness (QED) is 0.519. The summed E-state index contributed by atoms with van der Waals surface area (Å²) in [6.45, 7) is 0. The number of phenols is 1. The number of imide groups is 1. The van der Waals surface area contributed by atoms with Crippen LogP contribution in [0.2, 0.25) is 5.02 Å². The fourth-order valence-electron chi connectivity index (χ4n) is 2.99. The zero-order valence-electron chi connectivity index (χ0n) is 14.3. The SMILES string of the molecule is O=C(Nc1cc(Cl)ccc1O)c1ccc(N2C(=O)c3ccccc3C2=O)cc1. The first-order valence-electron chi connectivity index (χ1n) is 8.33. The second kappa shape index (κ2) is 6.83. The Morgan fingerprint density at radius 3 is 2.11 bits per heavy atom. The Hall–Kier alpha value is -3.64. The number of hydrogen-bond acceptors (Lipinski definition) is 4. The molecule has 1 aliphatic rings. The van der Waals surface area contributed by atoms with Crippen LogP contribution in [0.4, 0.5) is 11.4 Å². The molecule has 0 atom stereocenters. The lowest BCUT2D eigenvalue weighted by Crippen LogP contribution is -2.29. The molecule has 1 heterocycles. The van der Waals surface area contributed by atoms with Gasteiger partial charge in [0.2, 0.25) is 0 Å². The fourth-order valence-corrected chi connectivity index (χ4v) is 3.16. The van der Waals surface area contributed by atoms with E-state index >= 15 is 0 Å². The van der Waals surface area contributed by atoms with Crippen molar-refractivity contribution in [1.29, 1.82) is 0 Å². The Balaban J connectivity index is 1.56. The average molecular weight is 393 g/mol. The fraction of sp³-hybridized carbons (Fsp3) is 0. The number of phenolic OH excluding ortho intramolecular Hbond substituents is 1.